The highest BCUT2D eigenvalue weighted by Crippen LogP contribution is 2.30. The van der Waals surface area contributed by atoms with Gasteiger partial charge in [0.15, 0.2) is 0 Å². The number of fused-ring (bicyclic) bond motifs is 1. The first kappa shape index (κ1) is 22.8. The molecule has 0 saturated carbocycles. The maximum Gasteiger partial charge on any atom is 0.246 e. The van der Waals surface area contributed by atoms with Gasteiger partial charge in [0.1, 0.15) is 10.6 Å². The van der Waals surface area contributed by atoms with Crippen molar-refractivity contribution >= 4 is 32.5 Å². The first-order valence-corrected chi connectivity index (χ1v) is 12.0. The number of rotatable bonds is 10. The molecule has 3 aromatic rings. The number of nitrogens with one attached hydrogen (secondary N) is 2. The van der Waals surface area contributed by atoms with Gasteiger partial charge in [-0.1, -0.05) is 32.0 Å². The van der Waals surface area contributed by atoms with Crippen molar-refractivity contribution in [3.8, 4) is 5.75 Å². The van der Waals surface area contributed by atoms with Crippen LogP contribution >= 0.6 is 0 Å². The standard InChI is InChI=1S/C23H29N3O4S/c1-4-26(5-2)31(28,29)22-15-18(12-13-21(22)30-6-3)25-23(27)14-11-17-16-24-20-10-8-7-9-19(17)20/h7-10,12-13,15-16,24H,4-6,11,14H2,1-3H3,(H,25,27). The molecule has 0 aliphatic heterocycles. The smallest absolute Gasteiger partial charge is 0.246 e. The van der Waals surface area contributed by atoms with Gasteiger partial charge in [-0.3, -0.25) is 4.79 Å². The quantitative estimate of drug-likeness (QED) is 0.492. The molecule has 31 heavy (non-hydrogen) atoms. The van der Waals surface area contributed by atoms with Crippen LogP contribution < -0.4 is 10.1 Å². The predicted molar refractivity (Wildman–Crippen MR) is 123 cm³/mol. The fraction of sp³-hybridized carbons (Fsp3) is 0.348. The Labute approximate surface area is 183 Å². The topological polar surface area (TPSA) is 91.5 Å². The molecule has 0 aliphatic carbocycles. The number of carbonyl (C=O) groups is 1. The van der Waals surface area contributed by atoms with Gasteiger partial charge < -0.3 is 15.0 Å². The fourth-order valence-corrected chi connectivity index (χ4v) is 5.19. The number of carbonyl (C=O) groups excluding carboxylic acids is 1. The molecule has 3 rings (SSSR count). The highest BCUT2D eigenvalue weighted by atomic mass is 32.2. The molecule has 0 bridgehead atoms. The van der Waals surface area contributed by atoms with Gasteiger partial charge in [-0.05, 0) is 43.2 Å². The van der Waals surface area contributed by atoms with Gasteiger partial charge >= 0.3 is 0 Å². The number of ether oxygens (including phenoxy) is 1. The molecular formula is C23H29N3O4S. The molecule has 0 atom stereocenters. The van der Waals surface area contributed by atoms with E-state index in [-0.39, 0.29) is 23.0 Å². The second-order valence-electron chi connectivity index (χ2n) is 7.09. The summed E-state index contributed by atoms with van der Waals surface area (Å²) in [7, 11) is -3.73. The first-order chi connectivity index (χ1) is 14.9. The lowest BCUT2D eigenvalue weighted by Crippen LogP contribution is -2.31. The maximum atomic E-state index is 13.1. The van der Waals surface area contributed by atoms with Gasteiger partial charge in [0, 0.05) is 42.3 Å². The van der Waals surface area contributed by atoms with Crippen molar-refractivity contribution in [3.63, 3.8) is 0 Å². The summed E-state index contributed by atoms with van der Waals surface area (Å²) in [5, 5.41) is 3.92. The minimum Gasteiger partial charge on any atom is -0.492 e. The Kier molecular flexibility index (Phi) is 7.35. The summed E-state index contributed by atoms with van der Waals surface area (Å²) >= 11 is 0. The summed E-state index contributed by atoms with van der Waals surface area (Å²) in [4.78, 5) is 15.8. The van der Waals surface area contributed by atoms with Crippen molar-refractivity contribution in [2.45, 2.75) is 38.5 Å². The molecule has 0 radical (unpaired) electrons. The second kappa shape index (κ2) is 9.98. The average molecular weight is 444 g/mol. The van der Waals surface area contributed by atoms with Crippen LogP contribution in [-0.2, 0) is 21.2 Å². The summed E-state index contributed by atoms with van der Waals surface area (Å²) in [6.45, 7) is 6.43. The number of sulfonamides is 1. The molecule has 7 nitrogen and oxygen atoms in total. The third kappa shape index (κ3) is 5.08. The SMILES string of the molecule is CCOc1ccc(NC(=O)CCc2c[nH]c3ccccc23)cc1S(=O)(=O)N(CC)CC. The largest absolute Gasteiger partial charge is 0.492 e. The minimum absolute atomic E-state index is 0.0625. The van der Waals surface area contributed by atoms with Gasteiger partial charge in [-0.15, -0.1) is 0 Å². The Hall–Kier alpha value is -2.84. The normalized spacial score (nSPS) is 11.7. The highest BCUT2D eigenvalue weighted by Gasteiger charge is 2.26. The lowest BCUT2D eigenvalue weighted by molar-refractivity contribution is -0.116. The number of aromatic nitrogens is 1. The molecule has 0 saturated heterocycles. The summed E-state index contributed by atoms with van der Waals surface area (Å²) in [6, 6.07) is 12.7. The molecule has 1 heterocycles. The molecule has 8 heteroatoms. The van der Waals surface area contributed by atoms with Crippen molar-refractivity contribution < 1.29 is 17.9 Å². The van der Waals surface area contributed by atoms with E-state index < -0.39 is 10.0 Å². The zero-order valence-corrected chi connectivity index (χ0v) is 19.0. The monoisotopic (exact) mass is 443 g/mol. The summed E-state index contributed by atoms with van der Waals surface area (Å²) in [5.74, 6) is 0.104. The average Bonchev–Trinajstić information content (AvgIpc) is 3.17. The zero-order valence-electron chi connectivity index (χ0n) is 18.1. The van der Waals surface area contributed by atoms with Crippen molar-refractivity contribution in [2.75, 3.05) is 25.0 Å². The lowest BCUT2D eigenvalue weighted by Gasteiger charge is -2.21. The number of amides is 1. The van der Waals surface area contributed by atoms with Gasteiger partial charge in [-0.25, -0.2) is 8.42 Å². The Bertz CT molecular complexity index is 1150. The number of hydrogen-bond acceptors (Lipinski definition) is 4. The number of H-pyrrole nitrogens is 1. The Morgan fingerprint density at radius 3 is 2.55 bits per heavy atom. The van der Waals surface area contributed by atoms with Gasteiger partial charge in [-0.2, -0.15) is 4.31 Å². The number of benzene rings is 2. The van der Waals surface area contributed by atoms with Gasteiger partial charge in [0.05, 0.1) is 6.61 Å². The van der Waals surface area contributed by atoms with Crippen LogP contribution in [0, 0.1) is 0 Å². The van der Waals surface area contributed by atoms with E-state index in [2.05, 4.69) is 10.3 Å². The van der Waals surface area contributed by atoms with E-state index in [4.69, 9.17) is 4.74 Å². The number of hydrogen-bond donors (Lipinski definition) is 2. The Morgan fingerprint density at radius 1 is 1.10 bits per heavy atom. The van der Waals surface area contributed by atoms with Crippen LogP contribution in [-0.4, -0.2) is 43.3 Å². The van der Waals surface area contributed by atoms with Crippen LogP contribution in [0.5, 0.6) is 5.75 Å². The third-order valence-corrected chi connectivity index (χ3v) is 7.22. The first-order valence-electron chi connectivity index (χ1n) is 10.5. The van der Waals surface area contributed by atoms with E-state index in [1.165, 1.54) is 10.4 Å². The lowest BCUT2D eigenvalue weighted by atomic mass is 10.1. The van der Waals surface area contributed by atoms with Crippen LogP contribution in [0.25, 0.3) is 10.9 Å². The second-order valence-corrected chi connectivity index (χ2v) is 9.00. The molecule has 0 aliphatic rings. The molecule has 1 aromatic heterocycles. The molecule has 0 spiro atoms. The van der Waals surface area contributed by atoms with E-state index in [1.807, 2.05) is 30.5 Å². The van der Waals surface area contributed by atoms with Crippen molar-refractivity contribution in [2.24, 2.45) is 0 Å². The number of anilines is 1. The van der Waals surface area contributed by atoms with E-state index in [0.29, 0.717) is 31.8 Å². The number of aromatic amines is 1. The van der Waals surface area contributed by atoms with Crippen LogP contribution in [0.1, 0.15) is 32.8 Å². The number of aryl methyl sites for hydroxylation is 1. The molecule has 1 amide bonds. The minimum atomic E-state index is -3.73. The van der Waals surface area contributed by atoms with E-state index in [9.17, 15) is 13.2 Å². The number of para-hydroxylation sites is 1. The highest BCUT2D eigenvalue weighted by molar-refractivity contribution is 7.89. The van der Waals surface area contributed by atoms with E-state index in [0.717, 1.165) is 16.5 Å². The third-order valence-electron chi connectivity index (χ3n) is 5.15. The van der Waals surface area contributed by atoms with Gasteiger partial charge in [0.25, 0.3) is 0 Å². The Balaban J connectivity index is 1.77. The van der Waals surface area contributed by atoms with Crippen molar-refractivity contribution in [3.05, 3.63) is 54.2 Å². The zero-order chi connectivity index (χ0) is 22.4. The predicted octanol–water partition coefficient (Wildman–Crippen LogP) is 4.17. The van der Waals surface area contributed by atoms with Crippen LogP contribution in [0.15, 0.2) is 53.6 Å². The summed E-state index contributed by atoms with van der Waals surface area (Å²) in [6.07, 6.45) is 2.79. The number of nitrogens with zero attached hydrogens (tertiary/aromatic N) is 1. The fourth-order valence-electron chi connectivity index (χ4n) is 3.57. The summed E-state index contributed by atoms with van der Waals surface area (Å²) in [5.41, 5.74) is 2.54. The van der Waals surface area contributed by atoms with E-state index >= 15 is 0 Å². The Morgan fingerprint density at radius 2 is 1.84 bits per heavy atom. The van der Waals surface area contributed by atoms with E-state index in [1.54, 1.807) is 32.9 Å². The van der Waals surface area contributed by atoms with Crippen molar-refractivity contribution in [1.82, 2.24) is 9.29 Å². The molecule has 2 N–H and O–H groups in total. The molecular weight excluding hydrogens is 414 g/mol. The van der Waals surface area contributed by atoms with Crippen LogP contribution in [0.4, 0.5) is 5.69 Å². The van der Waals surface area contributed by atoms with Crippen molar-refractivity contribution in [1.29, 1.82) is 0 Å². The molecule has 2 aromatic carbocycles. The van der Waals surface area contributed by atoms with Crippen LogP contribution in [0.2, 0.25) is 0 Å². The summed E-state index contributed by atoms with van der Waals surface area (Å²) < 4.78 is 33.0. The molecule has 166 valence electrons. The molecule has 0 fully saturated rings. The molecule has 0 unspecified atom stereocenters. The van der Waals surface area contributed by atoms with Crippen LogP contribution in [0.3, 0.4) is 0 Å². The van der Waals surface area contributed by atoms with Gasteiger partial charge in [0.2, 0.25) is 15.9 Å². The maximum absolute atomic E-state index is 13.1.